The van der Waals surface area contributed by atoms with Gasteiger partial charge in [0, 0.05) is 18.3 Å². The maximum atomic E-state index is 12.6. The van der Waals surface area contributed by atoms with Crippen molar-refractivity contribution in [3.8, 4) is 11.5 Å². The molecule has 140 valence electrons. The monoisotopic (exact) mass is 361 g/mol. The third-order valence-corrected chi connectivity index (χ3v) is 3.81. The molecule has 26 heavy (non-hydrogen) atoms. The summed E-state index contributed by atoms with van der Waals surface area (Å²) in [6.45, 7) is 5.99. The number of anilines is 1. The van der Waals surface area contributed by atoms with Crippen LogP contribution in [0.1, 0.15) is 45.6 Å². The number of aliphatic hydroxyl groups excluding tert-OH is 1. The average molecular weight is 361 g/mol. The summed E-state index contributed by atoms with van der Waals surface area (Å²) in [5.74, 6) is 1.10. The van der Waals surface area contributed by atoms with Gasteiger partial charge in [-0.3, -0.25) is 4.90 Å². The van der Waals surface area contributed by atoms with Crippen LogP contribution in [0, 0.1) is 5.92 Å². The van der Waals surface area contributed by atoms with Crippen molar-refractivity contribution in [3.05, 3.63) is 30.3 Å². The highest BCUT2D eigenvalue weighted by molar-refractivity contribution is 5.87. The molecule has 1 fully saturated rings. The van der Waals surface area contributed by atoms with Gasteiger partial charge in [0.25, 0.3) is 0 Å². The smallest absolute Gasteiger partial charge is 0.416 e. The van der Waals surface area contributed by atoms with Gasteiger partial charge >= 0.3 is 6.09 Å². The summed E-state index contributed by atoms with van der Waals surface area (Å²) < 4.78 is 10.8. The minimum atomic E-state index is -1.71. The second-order valence-electron chi connectivity index (χ2n) is 7.39. The zero-order chi connectivity index (χ0) is 18.9. The molecule has 0 aliphatic heterocycles. The molecule has 1 amide bonds. The van der Waals surface area contributed by atoms with Crippen LogP contribution in [0.3, 0.4) is 0 Å². The molecule has 0 atom stereocenters. The number of hydrogen-bond acceptors (Lipinski definition) is 7. The Balaban J connectivity index is 1.87. The predicted molar refractivity (Wildman–Crippen MR) is 93.2 cm³/mol. The number of ether oxygens (including phenoxy) is 1. The summed E-state index contributed by atoms with van der Waals surface area (Å²) in [7, 11) is 0. The lowest BCUT2D eigenvalue weighted by atomic mass is 10.2. The Kier molecular flexibility index (Phi) is 4.97. The van der Waals surface area contributed by atoms with E-state index in [9.17, 15) is 4.79 Å². The van der Waals surface area contributed by atoms with Gasteiger partial charge in [-0.2, -0.15) is 0 Å². The molecule has 0 unspecified atom stereocenters. The van der Waals surface area contributed by atoms with Gasteiger partial charge in [-0.25, -0.2) is 14.8 Å². The Hall–Kier alpha value is -2.45. The summed E-state index contributed by atoms with van der Waals surface area (Å²) in [4.78, 5) is 22.5. The minimum absolute atomic E-state index is 0.0142. The fourth-order valence-electron chi connectivity index (χ4n) is 2.37. The predicted octanol–water partition coefficient (Wildman–Crippen LogP) is 2.87. The first-order valence-corrected chi connectivity index (χ1v) is 8.51. The highest BCUT2D eigenvalue weighted by Gasteiger charge is 2.31. The summed E-state index contributed by atoms with van der Waals surface area (Å²) in [6, 6.07) is 3.35. The Morgan fingerprint density at radius 2 is 2.15 bits per heavy atom. The van der Waals surface area contributed by atoms with Gasteiger partial charge in [0.05, 0.1) is 0 Å². The van der Waals surface area contributed by atoms with Crippen LogP contribution in [0.15, 0.2) is 29.0 Å². The Morgan fingerprint density at radius 1 is 1.42 bits per heavy atom. The number of hydrogen-bond donors (Lipinski definition) is 2. The molecular formula is C18H23N3O5. The lowest BCUT2D eigenvalue weighted by Gasteiger charge is -2.27. The number of pyridine rings is 1. The maximum Gasteiger partial charge on any atom is 0.416 e. The molecule has 0 spiro atoms. The largest absolute Gasteiger partial charge is 0.444 e. The molecule has 2 heterocycles. The molecule has 1 saturated carbocycles. The quantitative estimate of drug-likeness (QED) is 0.788. The van der Waals surface area contributed by atoms with Crippen LogP contribution in [0.5, 0.6) is 0 Å². The molecule has 3 rings (SSSR count). The van der Waals surface area contributed by atoms with Crippen molar-refractivity contribution in [1.29, 1.82) is 0 Å². The SMILES string of the molecule is CC(C)(C)OC(=O)N(CC1CC1)c1cc(-c2nc(C(O)O)co2)ccn1. The zero-order valence-electron chi connectivity index (χ0n) is 15.0. The van der Waals surface area contributed by atoms with E-state index in [2.05, 4.69) is 9.97 Å². The Labute approximate surface area is 151 Å². The minimum Gasteiger partial charge on any atom is -0.444 e. The number of aromatic nitrogens is 2. The van der Waals surface area contributed by atoms with Crippen molar-refractivity contribution in [3.63, 3.8) is 0 Å². The van der Waals surface area contributed by atoms with Crippen molar-refractivity contribution < 1.29 is 24.2 Å². The standard InChI is InChI=1S/C18H23N3O5/c1-18(2,3)26-17(24)21(9-11-4-5-11)14-8-12(6-7-19-14)15-20-13(10-25-15)16(22)23/h6-8,10-11,16,22-23H,4-5,9H2,1-3H3. The second kappa shape index (κ2) is 7.05. The summed E-state index contributed by atoms with van der Waals surface area (Å²) >= 11 is 0. The number of rotatable bonds is 5. The normalized spacial score (nSPS) is 14.5. The molecular weight excluding hydrogens is 338 g/mol. The number of carbonyl (C=O) groups excluding carboxylic acids is 1. The highest BCUT2D eigenvalue weighted by atomic mass is 16.6. The third kappa shape index (κ3) is 4.59. The average Bonchev–Trinajstić information content (AvgIpc) is 3.23. The van der Waals surface area contributed by atoms with Gasteiger partial charge in [-0.05, 0) is 51.7 Å². The van der Waals surface area contributed by atoms with Gasteiger partial charge in [-0.1, -0.05) is 0 Å². The van der Waals surface area contributed by atoms with Crippen LogP contribution in [-0.2, 0) is 4.74 Å². The van der Waals surface area contributed by atoms with Crippen LogP contribution in [-0.4, -0.2) is 38.4 Å². The van der Waals surface area contributed by atoms with E-state index >= 15 is 0 Å². The van der Waals surface area contributed by atoms with Crippen molar-refractivity contribution in [1.82, 2.24) is 9.97 Å². The topological polar surface area (TPSA) is 109 Å². The van der Waals surface area contributed by atoms with E-state index in [4.69, 9.17) is 19.4 Å². The van der Waals surface area contributed by atoms with Crippen LogP contribution in [0.4, 0.5) is 10.6 Å². The maximum absolute atomic E-state index is 12.6. The number of carbonyl (C=O) groups is 1. The van der Waals surface area contributed by atoms with E-state index in [0.717, 1.165) is 12.8 Å². The zero-order valence-corrected chi connectivity index (χ0v) is 15.0. The first kappa shape index (κ1) is 18.3. The summed E-state index contributed by atoms with van der Waals surface area (Å²) in [5, 5.41) is 18.3. The van der Waals surface area contributed by atoms with Crippen LogP contribution < -0.4 is 4.90 Å². The number of aliphatic hydroxyl groups is 2. The van der Waals surface area contributed by atoms with Crippen molar-refractivity contribution in [2.24, 2.45) is 5.92 Å². The number of nitrogens with zero attached hydrogens (tertiary/aromatic N) is 3. The van der Waals surface area contributed by atoms with Crippen molar-refractivity contribution >= 4 is 11.9 Å². The molecule has 0 bridgehead atoms. The van der Waals surface area contributed by atoms with Gasteiger partial charge < -0.3 is 19.4 Å². The van der Waals surface area contributed by atoms with Gasteiger partial charge in [0.15, 0.2) is 6.29 Å². The first-order chi connectivity index (χ1) is 12.2. The van der Waals surface area contributed by atoms with Gasteiger partial charge in [-0.15, -0.1) is 0 Å². The van der Waals surface area contributed by atoms with Crippen LogP contribution in [0.25, 0.3) is 11.5 Å². The van der Waals surface area contributed by atoms with E-state index in [1.165, 1.54) is 11.2 Å². The molecule has 8 heteroatoms. The van der Waals surface area contributed by atoms with E-state index in [1.807, 2.05) is 20.8 Å². The Bertz CT molecular complexity index is 777. The van der Waals surface area contributed by atoms with Crippen LogP contribution >= 0.6 is 0 Å². The van der Waals surface area contributed by atoms with Crippen molar-refractivity contribution in [2.75, 3.05) is 11.4 Å². The molecule has 0 aromatic carbocycles. The summed E-state index contributed by atoms with van der Waals surface area (Å²) in [6.07, 6.45) is 2.73. The molecule has 2 aromatic heterocycles. The second-order valence-corrected chi connectivity index (χ2v) is 7.39. The number of oxazole rings is 1. The Morgan fingerprint density at radius 3 is 2.73 bits per heavy atom. The molecule has 0 radical (unpaired) electrons. The van der Waals surface area contributed by atoms with Gasteiger partial charge in [0.1, 0.15) is 23.4 Å². The fraction of sp³-hybridized carbons (Fsp3) is 0.500. The molecule has 1 aliphatic carbocycles. The third-order valence-electron chi connectivity index (χ3n) is 3.81. The van der Waals surface area contributed by atoms with Gasteiger partial charge in [0.2, 0.25) is 5.89 Å². The van der Waals surface area contributed by atoms with Crippen molar-refractivity contribution in [2.45, 2.75) is 45.5 Å². The highest BCUT2D eigenvalue weighted by Crippen LogP contribution is 2.32. The first-order valence-electron chi connectivity index (χ1n) is 8.51. The molecule has 0 saturated heterocycles. The lowest BCUT2D eigenvalue weighted by Crippen LogP contribution is -2.38. The lowest BCUT2D eigenvalue weighted by molar-refractivity contribution is -0.0458. The fourth-order valence-corrected chi connectivity index (χ4v) is 2.37. The molecule has 2 N–H and O–H groups in total. The molecule has 8 nitrogen and oxygen atoms in total. The number of amides is 1. The van der Waals surface area contributed by atoms with E-state index < -0.39 is 18.0 Å². The van der Waals surface area contributed by atoms with E-state index in [1.54, 1.807) is 18.3 Å². The van der Waals surface area contributed by atoms with E-state index in [0.29, 0.717) is 23.8 Å². The summed E-state index contributed by atoms with van der Waals surface area (Å²) in [5.41, 5.74) is -0.0165. The molecule has 1 aliphatic rings. The molecule has 2 aromatic rings. The van der Waals surface area contributed by atoms with Crippen LogP contribution in [0.2, 0.25) is 0 Å². The van der Waals surface area contributed by atoms with E-state index in [-0.39, 0.29) is 11.6 Å².